The maximum atomic E-state index is 11.4. The molecule has 0 amide bonds. The van der Waals surface area contributed by atoms with Crippen LogP contribution in [0, 0.1) is 0 Å². The van der Waals surface area contributed by atoms with E-state index in [4.69, 9.17) is 10.2 Å². The van der Waals surface area contributed by atoms with Gasteiger partial charge in [-0.15, -0.1) is 0 Å². The topological polar surface area (TPSA) is 74.6 Å². The Morgan fingerprint density at radius 2 is 0.704 bits per heavy atom. The second-order valence-corrected chi connectivity index (χ2v) is 3.78. The molecule has 0 heterocycles. The molecule has 0 fully saturated rings. The predicted octanol–water partition coefficient (Wildman–Crippen LogP) is 4.24. The Morgan fingerprint density at radius 3 is 0.815 bits per heavy atom. The molecule has 0 bridgehead atoms. The number of rotatable bonds is 2. The summed E-state index contributed by atoms with van der Waals surface area (Å²) in [6.07, 6.45) is -23.4. The molecule has 163 valence electrons. The van der Waals surface area contributed by atoms with E-state index < -0.39 is 59.9 Å². The van der Waals surface area contributed by atoms with Crippen molar-refractivity contribution in [2.75, 3.05) is 0 Å². The molecule has 27 heavy (non-hydrogen) atoms. The number of ketones is 2. The summed E-state index contributed by atoms with van der Waals surface area (Å²) in [5, 5.41) is 15.9. The number of halogens is 12. The number of hydrogen-bond donors (Lipinski definition) is 2. The Morgan fingerprint density at radius 1 is 0.519 bits per heavy atom. The van der Waals surface area contributed by atoms with Gasteiger partial charge < -0.3 is 10.2 Å². The van der Waals surface area contributed by atoms with Crippen LogP contribution >= 0.6 is 0 Å². The molecule has 0 aliphatic heterocycles. The van der Waals surface area contributed by atoms with Gasteiger partial charge in [-0.3, -0.25) is 9.59 Å². The molecule has 0 aromatic rings. The van der Waals surface area contributed by atoms with Crippen LogP contribution < -0.4 is 0 Å². The van der Waals surface area contributed by atoms with Crippen molar-refractivity contribution in [1.29, 1.82) is 0 Å². The molecule has 0 atom stereocenters. The van der Waals surface area contributed by atoms with Gasteiger partial charge in [-0.2, -0.15) is 52.7 Å². The summed E-state index contributed by atoms with van der Waals surface area (Å²) in [6, 6.07) is 0. The van der Waals surface area contributed by atoms with Crippen molar-refractivity contribution in [1.82, 2.24) is 0 Å². The third kappa shape index (κ3) is 13.0. The molecule has 0 saturated carbocycles. The Labute approximate surface area is 150 Å². The average Bonchev–Trinajstić information content (AvgIpc) is 2.34. The molecule has 0 aromatic carbocycles. The number of alkyl halides is 12. The number of carbonyl (C=O) groups excluding carboxylic acids is 2. The van der Waals surface area contributed by atoms with E-state index in [0.29, 0.717) is 0 Å². The van der Waals surface area contributed by atoms with E-state index in [0.717, 1.165) is 0 Å². The Balaban J connectivity index is -0.000000411. The van der Waals surface area contributed by atoms with Crippen LogP contribution in [0.1, 0.15) is 0 Å². The van der Waals surface area contributed by atoms with Crippen molar-refractivity contribution < 1.29 is 89.6 Å². The maximum Gasteiger partial charge on any atom is 0.454 e. The van der Waals surface area contributed by atoms with Crippen LogP contribution in [-0.4, -0.2) is 46.5 Å². The van der Waals surface area contributed by atoms with Crippen molar-refractivity contribution in [3.8, 4) is 0 Å². The zero-order valence-electron chi connectivity index (χ0n) is 11.7. The molecule has 0 unspecified atom stereocenters. The average molecular weight is 480 g/mol. The van der Waals surface area contributed by atoms with Crippen molar-refractivity contribution in [3.05, 3.63) is 23.7 Å². The van der Waals surface area contributed by atoms with Crippen molar-refractivity contribution in [3.63, 3.8) is 0 Å². The molecule has 0 aliphatic rings. The van der Waals surface area contributed by atoms with Gasteiger partial charge in [0.2, 0.25) is 11.5 Å². The molecule has 0 aliphatic carbocycles. The first kappa shape index (κ1) is 29.8. The van der Waals surface area contributed by atoms with Crippen LogP contribution in [0.5, 0.6) is 0 Å². The van der Waals surface area contributed by atoms with Crippen LogP contribution in [0.15, 0.2) is 23.7 Å². The zero-order valence-corrected chi connectivity index (χ0v) is 12.6. The predicted molar refractivity (Wildman–Crippen MR) is 55.7 cm³/mol. The van der Waals surface area contributed by atoms with Crippen LogP contribution in [0.3, 0.4) is 0 Å². The molecule has 0 rings (SSSR count). The fourth-order valence-corrected chi connectivity index (χ4v) is 0.576. The van der Waals surface area contributed by atoms with Gasteiger partial charge in [0.05, 0.1) is 0 Å². The monoisotopic (exact) mass is 479 g/mol. The SMILES string of the molecule is O=C(/C=C(\O)C(F)(F)F)C(F)(F)F.O=C(/C=C(\O)C(F)(F)F)C(F)(F)F.[Cu]. The molecule has 4 nitrogen and oxygen atoms in total. The first-order valence-electron chi connectivity index (χ1n) is 5.28. The van der Waals surface area contributed by atoms with Crippen molar-refractivity contribution in [2.45, 2.75) is 24.7 Å². The summed E-state index contributed by atoms with van der Waals surface area (Å²) < 4.78 is 136. The summed E-state index contributed by atoms with van der Waals surface area (Å²) in [7, 11) is 0. The zero-order chi connectivity index (χ0) is 21.7. The number of hydrogen-bond acceptors (Lipinski definition) is 4. The quantitative estimate of drug-likeness (QED) is 0.269. The third-order valence-electron chi connectivity index (χ3n) is 1.68. The molecule has 0 spiro atoms. The van der Waals surface area contributed by atoms with E-state index >= 15 is 0 Å². The standard InChI is InChI=1S/2C5H2F6O2.Cu/c2*6-4(7,8)2(12)1-3(13)5(9,10)11;/h2*1,12H;/b2*2-1-;. The van der Waals surface area contributed by atoms with Gasteiger partial charge >= 0.3 is 24.7 Å². The second kappa shape index (κ2) is 9.87. The fraction of sp³-hybridized carbons (Fsp3) is 0.400. The molecule has 1 radical (unpaired) electrons. The first-order chi connectivity index (χ1) is 11.1. The summed E-state index contributed by atoms with van der Waals surface area (Å²) in [6.45, 7) is 0. The Hall–Kier alpha value is -1.90. The van der Waals surface area contributed by atoms with E-state index in [9.17, 15) is 62.3 Å². The van der Waals surface area contributed by atoms with Crippen LogP contribution in [0.25, 0.3) is 0 Å². The number of aliphatic hydroxyl groups is 2. The van der Waals surface area contributed by atoms with Gasteiger partial charge in [-0.25, -0.2) is 0 Å². The maximum absolute atomic E-state index is 11.4. The molecule has 2 N–H and O–H groups in total. The third-order valence-corrected chi connectivity index (χ3v) is 1.68. The first-order valence-corrected chi connectivity index (χ1v) is 5.28. The number of carbonyl (C=O) groups is 2. The number of aliphatic hydroxyl groups excluding tert-OH is 2. The van der Waals surface area contributed by atoms with Gasteiger partial charge in [0.25, 0.3) is 11.6 Å². The van der Waals surface area contributed by atoms with Gasteiger partial charge in [-0.1, -0.05) is 0 Å². The molecule has 0 aromatic heterocycles. The minimum absolute atomic E-state index is 0. The largest absolute Gasteiger partial charge is 0.504 e. The van der Waals surface area contributed by atoms with E-state index in [1.165, 1.54) is 0 Å². The number of allylic oxidation sites excluding steroid dienone is 4. The van der Waals surface area contributed by atoms with E-state index in [1.54, 1.807) is 0 Å². The Bertz CT molecular complexity index is 527. The Kier molecular flexibility index (Phi) is 10.9. The minimum atomic E-state index is -5.42. The van der Waals surface area contributed by atoms with E-state index in [2.05, 4.69) is 0 Å². The summed E-state index contributed by atoms with van der Waals surface area (Å²) >= 11 is 0. The van der Waals surface area contributed by atoms with Crippen LogP contribution in [-0.2, 0) is 26.7 Å². The molecular formula is C10H4CuF12O4. The second-order valence-electron chi connectivity index (χ2n) is 3.78. The fourth-order valence-electron chi connectivity index (χ4n) is 0.576. The van der Waals surface area contributed by atoms with Crippen LogP contribution in [0.4, 0.5) is 52.7 Å². The van der Waals surface area contributed by atoms with Gasteiger partial charge in [0, 0.05) is 29.2 Å². The van der Waals surface area contributed by atoms with Crippen molar-refractivity contribution in [2.24, 2.45) is 0 Å². The van der Waals surface area contributed by atoms with Gasteiger partial charge in [0.15, 0.2) is 0 Å². The van der Waals surface area contributed by atoms with Crippen molar-refractivity contribution >= 4 is 11.6 Å². The minimum Gasteiger partial charge on any atom is -0.504 e. The smallest absolute Gasteiger partial charge is 0.454 e. The summed E-state index contributed by atoms with van der Waals surface area (Å²) in [5.41, 5.74) is 0. The normalized spacial score (nSPS) is 13.9. The molecule has 17 heteroatoms. The van der Waals surface area contributed by atoms with Gasteiger partial charge in [0.1, 0.15) is 0 Å². The van der Waals surface area contributed by atoms with E-state index in [1.807, 2.05) is 0 Å². The summed E-state index contributed by atoms with van der Waals surface area (Å²) in [5.74, 6) is -10.7. The van der Waals surface area contributed by atoms with Crippen LogP contribution in [0.2, 0.25) is 0 Å². The van der Waals surface area contributed by atoms with Gasteiger partial charge in [-0.05, 0) is 0 Å². The van der Waals surface area contributed by atoms with E-state index in [-0.39, 0.29) is 17.1 Å². The summed E-state index contributed by atoms with van der Waals surface area (Å²) in [4.78, 5) is 19.7. The molecular weight excluding hydrogens is 476 g/mol. The molecule has 0 saturated heterocycles.